The molecule has 4 rings (SSSR count). The largest absolute Gasteiger partial charge is 0.496 e. The standard InChI is InChI=1S/C27H26BrN5O5/c1-15(32(2)27(36)37)25(34)31-22-13-30-21-10-16(12-29)4-8-23(21)33(26(22)35)14-20-19-7-6-18(28)11-17(19)5-9-24(20)38-3/h4-11,15,22,30H,13-14H2,1-3H3,(H,31,34)(H,36,37)/t15-,22-/m0/s1. The van der Waals surface area contributed by atoms with Crippen molar-refractivity contribution >= 4 is 56.0 Å². The predicted octanol–water partition coefficient (Wildman–Crippen LogP) is 3.92. The van der Waals surface area contributed by atoms with Crippen molar-refractivity contribution in [2.45, 2.75) is 25.6 Å². The summed E-state index contributed by atoms with van der Waals surface area (Å²) in [7, 11) is 2.85. The van der Waals surface area contributed by atoms with Crippen molar-refractivity contribution in [1.82, 2.24) is 10.2 Å². The average Bonchev–Trinajstić information content (AvgIpc) is 3.03. The highest BCUT2D eigenvalue weighted by Crippen LogP contribution is 2.36. The topological polar surface area (TPSA) is 135 Å². The first kappa shape index (κ1) is 26.8. The molecule has 0 aromatic heterocycles. The summed E-state index contributed by atoms with van der Waals surface area (Å²) in [6.07, 6.45) is -1.26. The molecule has 0 unspecified atom stereocenters. The van der Waals surface area contributed by atoms with Gasteiger partial charge in [0, 0.05) is 23.6 Å². The van der Waals surface area contributed by atoms with E-state index in [-0.39, 0.29) is 13.1 Å². The number of methoxy groups -OCH3 is 1. The number of rotatable bonds is 6. The van der Waals surface area contributed by atoms with Crippen molar-refractivity contribution in [2.75, 3.05) is 30.9 Å². The Morgan fingerprint density at radius 3 is 2.74 bits per heavy atom. The zero-order valence-electron chi connectivity index (χ0n) is 21.0. The number of carbonyl (C=O) groups excluding carboxylic acids is 2. The van der Waals surface area contributed by atoms with Crippen molar-refractivity contribution < 1.29 is 24.2 Å². The minimum atomic E-state index is -1.26. The number of benzene rings is 3. The van der Waals surface area contributed by atoms with Crippen LogP contribution in [0.5, 0.6) is 5.75 Å². The molecule has 1 aliphatic heterocycles. The van der Waals surface area contributed by atoms with Crippen LogP contribution >= 0.6 is 15.9 Å². The molecular formula is C27H26BrN5O5. The van der Waals surface area contributed by atoms with Crippen molar-refractivity contribution in [3.8, 4) is 11.8 Å². The van der Waals surface area contributed by atoms with Gasteiger partial charge in [-0.05, 0) is 54.1 Å². The fourth-order valence-corrected chi connectivity index (χ4v) is 4.73. The monoisotopic (exact) mass is 579 g/mol. The van der Waals surface area contributed by atoms with Crippen LogP contribution in [-0.4, -0.2) is 60.7 Å². The van der Waals surface area contributed by atoms with Gasteiger partial charge in [0.15, 0.2) is 0 Å². The Balaban J connectivity index is 1.77. The fraction of sp³-hybridized carbons (Fsp3) is 0.259. The predicted molar refractivity (Wildman–Crippen MR) is 146 cm³/mol. The Labute approximate surface area is 227 Å². The minimum Gasteiger partial charge on any atom is -0.496 e. The number of anilines is 2. The first-order chi connectivity index (χ1) is 18.1. The second kappa shape index (κ2) is 11.0. The van der Waals surface area contributed by atoms with E-state index < -0.39 is 30.0 Å². The Morgan fingerprint density at radius 2 is 2.05 bits per heavy atom. The summed E-state index contributed by atoms with van der Waals surface area (Å²) >= 11 is 3.50. The molecule has 0 aliphatic carbocycles. The third-order valence-corrected chi connectivity index (χ3v) is 7.14. The molecule has 1 heterocycles. The Kier molecular flexibility index (Phi) is 7.73. The summed E-state index contributed by atoms with van der Waals surface area (Å²) in [4.78, 5) is 40.6. The second-order valence-electron chi connectivity index (χ2n) is 8.89. The maximum absolute atomic E-state index is 13.9. The summed E-state index contributed by atoms with van der Waals surface area (Å²) in [5, 5.41) is 26.4. The maximum Gasteiger partial charge on any atom is 0.407 e. The van der Waals surface area contributed by atoms with Gasteiger partial charge in [0.25, 0.3) is 5.91 Å². The average molecular weight is 580 g/mol. The molecule has 0 fully saturated rings. The van der Waals surface area contributed by atoms with Crippen LogP contribution in [-0.2, 0) is 16.1 Å². The first-order valence-electron chi connectivity index (χ1n) is 11.7. The van der Waals surface area contributed by atoms with Crippen molar-refractivity contribution in [3.63, 3.8) is 0 Å². The molecule has 1 aliphatic rings. The Bertz CT molecular complexity index is 1470. The molecule has 0 spiro atoms. The van der Waals surface area contributed by atoms with E-state index in [9.17, 15) is 24.8 Å². The van der Waals surface area contributed by atoms with Crippen molar-refractivity contribution in [2.24, 2.45) is 0 Å². The third-order valence-electron chi connectivity index (χ3n) is 6.64. The van der Waals surface area contributed by atoms with Crippen molar-refractivity contribution in [3.05, 3.63) is 64.1 Å². The number of halogens is 1. The lowest BCUT2D eigenvalue weighted by molar-refractivity contribution is -0.129. The zero-order valence-corrected chi connectivity index (χ0v) is 22.6. The van der Waals surface area contributed by atoms with Crippen LogP contribution in [0.4, 0.5) is 16.2 Å². The van der Waals surface area contributed by atoms with E-state index in [2.05, 4.69) is 32.6 Å². The minimum absolute atomic E-state index is 0.0477. The lowest BCUT2D eigenvalue weighted by Crippen LogP contribution is -2.55. The molecule has 3 aromatic rings. The number of fused-ring (bicyclic) bond motifs is 2. The van der Waals surface area contributed by atoms with Gasteiger partial charge < -0.3 is 25.4 Å². The smallest absolute Gasteiger partial charge is 0.407 e. The molecule has 2 atom stereocenters. The summed E-state index contributed by atoms with van der Waals surface area (Å²) < 4.78 is 6.56. The van der Waals surface area contributed by atoms with Crippen LogP contribution in [0.1, 0.15) is 18.1 Å². The van der Waals surface area contributed by atoms with E-state index in [1.165, 1.54) is 14.0 Å². The number of hydrogen-bond acceptors (Lipinski definition) is 6. The Morgan fingerprint density at radius 1 is 1.29 bits per heavy atom. The van der Waals surface area contributed by atoms with E-state index in [4.69, 9.17) is 4.74 Å². The molecule has 3 aromatic carbocycles. The molecule has 0 radical (unpaired) electrons. The number of carboxylic acid groups (broad SMARTS) is 1. The summed E-state index contributed by atoms with van der Waals surface area (Å²) in [5.41, 5.74) is 2.28. The number of likely N-dealkylation sites (N-methyl/N-ethyl adjacent to an activating group) is 1. The molecule has 38 heavy (non-hydrogen) atoms. The number of nitrogens with zero attached hydrogens (tertiary/aromatic N) is 3. The van der Waals surface area contributed by atoms with Crippen LogP contribution < -0.4 is 20.3 Å². The molecule has 196 valence electrons. The van der Waals surface area contributed by atoms with E-state index >= 15 is 0 Å². The highest BCUT2D eigenvalue weighted by Gasteiger charge is 2.34. The molecule has 0 bridgehead atoms. The summed E-state index contributed by atoms with van der Waals surface area (Å²) in [6.45, 7) is 1.62. The lowest BCUT2D eigenvalue weighted by atomic mass is 10.0. The van der Waals surface area contributed by atoms with Crippen LogP contribution in [0.25, 0.3) is 10.8 Å². The van der Waals surface area contributed by atoms with E-state index in [1.54, 1.807) is 30.2 Å². The van der Waals surface area contributed by atoms with Gasteiger partial charge in [-0.25, -0.2) is 4.79 Å². The molecule has 3 amide bonds. The molecule has 0 saturated carbocycles. The van der Waals surface area contributed by atoms with Crippen LogP contribution in [0.2, 0.25) is 0 Å². The first-order valence-corrected chi connectivity index (χ1v) is 12.5. The van der Waals surface area contributed by atoms with Crippen molar-refractivity contribution in [1.29, 1.82) is 5.26 Å². The Hall–Kier alpha value is -4.30. The molecule has 11 heteroatoms. The SMILES string of the molecule is COc1ccc2cc(Br)ccc2c1CN1C(=O)[C@@H](NC(=O)[C@H](C)N(C)C(=O)O)CNc2cc(C#N)ccc21. The number of nitrogens with one attached hydrogen (secondary N) is 2. The van der Waals surface area contributed by atoms with E-state index in [0.29, 0.717) is 22.7 Å². The molecule has 3 N–H and O–H groups in total. The second-order valence-corrected chi connectivity index (χ2v) is 9.81. The van der Waals surface area contributed by atoms with Gasteiger partial charge in [0.05, 0.1) is 36.7 Å². The maximum atomic E-state index is 13.9. The third kappa shape index (κ3) is 5.21. The molecule has 10 nitrogen and oxygen atoms in total. The van der Waals surface area contributed by atoms with Crippen LogP contribution in [0.3, 0.4) is 0 Å². The molecule has 0 saturated heterocycles. The zero-order chi connectivity index (χ0) is 27.6. The van der Waals surface area contributed by atoms with E-state index in [0.717, 1.165) is 25.7 Å². The highest BCUT2D eigenvalue weighted by atomic mass is 79.9. The van der Waals surface area contributed by atoms with Gasteiger partial charge in [-0.3, -0.25) is 14.5 Å². The number of hydrogen-bond donors (Lipinski definition) is 3. The summed E-state index contributed by atoms with van der Waals surface area (Å²) in [5.74, 6) is -0.403. The van der Waals surface area contributed by atoms with Crippen LogP contribution in [0.15, 0.2) is 53.0 Å². The van der Waals surface area contributed by atoms with Crippen LogP contribution in [0, 0.1) is 11.3 Å². The quantitative estimate of drug-likeness (QED) is 0.402. The molecular weight excluding hydrogens is 554 g/mol. The summed E-state index contributed by atoms with van der Waals surface area (Å²) in [6, 6.07) is 14.7. The lowest BCUT2D eigenvalue weighted by Gasteiger charge is -2.28. The van der Waals surface area contributed by atoms with E-state index in [1.807, 2.05) is 30.3 Å². The van der Waals surface area contributed by atoms with Gasteiger partial charge in [-0.2, -0.15) is 5.26 Å². The number of ether oxygens (including phenoxy) is 1. The van der Waals surface area contributed by atoms with Gasteiger partial charge in [0.2, 0.25) is 5.91 Å². The van der Waals surface area contributed by atoms with Gasteiger partial charge in [0.1, 0.15) is 17.8 Å². The van der Waals surface area contributed by atoms with Gasteiger partial charge >= 0.3 is 6.09 Å². The highest BCUT2D eigenvalue weighted by molar-refractivity contribution is 9.10. The van der Waals surface area contributed by atoms with Gasteiger partial charge in [-0.15, -0.1) is 0 Å². The number of amides is 3. The number of carbonyl (C=O) groups is 3. The van der Waals surface area contributed by atoms with Gasteiger partial charge in [-0.1, -0.05) is 28.1 Å². The normalized spacial score (nSPS) is 15.5. The fourth-order valence-electron chi connectivity index (χ4n) is 4.36. The number of nitriles is 1.